The second-order valence-electron chi connectivity index (χ2n) is 6.07. The number of amides is 2. The SMILES string of the molecule is O=C(Nc1ccc(-c2nccs2)cc1)c1cccc(N2CCCC2=O)c1. The van der Waals surface area contributed by atoms with Crippen LogP contribution >= 0.6 is 11.3 Å². The maximum absolute atomic E-state index is 12.6. The highest BCUT2D eigenvalue weighted by Gasteiger charge is 2.22. The third-order valence-electron chi connectivity index (χ3n) is 4.32. The first-order chi connectivity index (χ1) is 12.7. The molecule has 2 amide bonds. The molecule has 1 aromatic heterocycles. The molecule has 0 radical (unpaired) electrons. The maximum atomic E-state index is 12.6. The molecular formula is C20H17N3O2S. The van der Waals surface area contributed by atoms with Crippen molar-refractivity contribution in [3.63, 3.8) is 0 Å². The Morgan fingerprint density at radius 2 is 2.00 bits per heavy atom. The topological polar surface area (TPSA) is 62.3 Å². The summed E-state index contributed by atoms with van der Waals surface area (Å²) in [6.07, 6.45) is 3.20. The number of rotatable bonds is 4. The molecule has 130 valence electrons. The van der Waals surface area contributed by atoms with Gasteiger partial charge in [0, 0.05) is 47.0 Å². The Bertz CT molecular complexity index is 936. The number of hydrogen-bond donors (Lipinski definition) is 1. The van der Waals surface area contributed by atoms with Gasteiger partial charge in [0.25, 0.3) is 5.91 Å². The summed E-state index contributed by atoms with van der Waals surface area (Å²) >= 11 is 1.58. The Kier molecular flexibility index (Phi) is 4.50. The Morgan fingerprint density at radius 3 is 2.69 bits per heavy atom. The smallest absolute Gasteiger partial charge is 0.255 e. The summed E-state index contributed by atoms with van der Waals surface area (Å²) in [5, 5.41) is 5.78. The van der Waals surface area contributed by atoms with Crippen LogP contribution in [-0.4, -0.2) is 23.3 Å². The van der Waals surface area contributed by atoms with E-state index < -0.39 is 0 Å². The Hall–Kier alpha value is -2.99. The standard InChI is InChI=1S/C20H17N3O2S/c24-18-5-2-11-23(18)17-4-1-3-15(13-17)19(25)22-16-8-6-14(7-9-16)20-21-10-12-26-20/h1,3-4,6-10,12-13H,2,5,11H2,(H,22,25). The minimum Gasteiger partial charge on any atom is -0.322 e. The summed E-state index contributed by atoms with van der Waals surface area (Å²) in [4.78, 5) is 30.5. The van der Waals surface area contributed by atoms with E-state index in [2.05, 4.69) is 10.3 Å². The molecule has 0 aliphatic carbocycles. The summed E-state index contributed by atoms with van der Waals surface area (Å²) in [5.74, 6) is -0.0826. The Morgan fingerprint density at radius 1 is 1.15 bits per heavy atom. The van der Waals surface area contributed by atoms with Crippen LogP contribution in [0.1, 0.15) is 23.2 Å². The summed E-state index contributed by atoms with van der Waals surface area (Å²) in [5.41, 5.74) is 3.05. The number of nitrogens with zero attached hydrogens (tertiary/aromatic N) is 2. The van der Waals surface area contributed by atoms with Gasteiger partial charge in [-0.1, -0.05) is 6.07 Å². The number of anilines is 2. The quantitative estimate of drug-likeness (QED) is 0.756. The van der Waals surface area contributed by atoms with E-state index in [4.69, 9.17) is 0 Å². The lowest BCUT2D eigenvalue weighted by molar-refractivity contribution is -0.117. The minimum atomic E-state index is -0.194. The van der Waals surface area contributed by atoms with Gasteiger partial charge in [0.1, 0.15) is 5.01 Å². The fourth-order valence-electron chi connectivity index (χ4n) is 3.00. The molecule has 0 spiro atoms. The first kappa shape index (κ1) is 16.5. The number of thiazole rings is 1. The third-order valence-corrected chi connectivity index (χ3v) is 5.14. The van der Waals surface area contributed by atoms with Crippen molar-refractivity contribution in [1.29, 1.82) is 0 Å². The predicted octanol–water partition coefficient (Wildman–Crippen LogP) is 4.19. The van der Waals surface area contributed by atoms with E-state index >= 15 is 0 Å². The van der Waals surface area contributed by atoms with Crippen molar-refractivity contribution in [3.05, 3.63) is 65.7 Å². The number of carbonyl (C=O) groups is 2. The van der Waals surface area contributed by atoms with E-state index in [1.165, 1.54) is 0 Å². The average Bonchev–Trinajstić information content (AvgIpc) is 3.34. The van der Waals surface area contributed by atoms with Crippen molar-refractivity contribution in [2.24, 2.45) is 0 Å². The number of hydrogen-bond acceptors (Lipinski definition) is 4. The van der Waals surface area contributed by atoms with Crippen LogP contribution in [0.2, 0.25) is 0 Å². The van der Waals surface area contributed by atoms with Crippen LogP contribution in [0.5, 0.6) is 0 Å². The molecule has 1 aliphatic heterocycles. The lowest BCUT2D eigenvalue weighted by Crippen LogP contribution is -2.24. The second-order valence-corrected chi connectivity index (χ2v) is 6.96. The van der Waals surface area contributed by atoms with Gasteiger partial charge in [-0.25, -0.2) is 4.98 Å². The van der Waals surface area contributed by atoms with E-state index in [1.54, 1.807) is 40.6 Å². The van der Waals surface area contributed by atoms with Crippen LogP contribution in [-0.2, 0) is 4.79 Å². The van der Waals surface area contributed by atoms with Gasteiger partial charge in [-0.15, -0.1) is 11.3 Å². The van der Waals surface area contributed by atoms with Crippen LogP contribution in [0, 0.1) is 0 Å². The number of nitrogens with one attached hydrogen (secondary N) is 1. The number of carbonyl (C=O) groups excluding carboxylic acids is 2. The van der Waals surface area contributed by atoms with Crippen molar-refractivity contribution >= 4 is 34.5 Å². The number of benzene rings is 2. The zero-order valence-electron chi connectivity index (χ0n) is 14.0. The fraction of sp³-hybridized carbons (Fsp3) is 0.150. The summed E-state index contributed by atoms with van der Waals surface area (Å²) in [6, 6.07) is 14.8. The van der Waals surface area contributed by atoms with Crippen molar-refractivity contribution in [3.8, 4) is 10.6 Å². The molecule has 1 saturated heterocycles. The van der Waals surface area contributed by atoms with Gasteiger partial charge in [0.15, 0.2) is 0 Å². The molecule has 2 heterocycles. The first-order valence-corrected chi connectivity index (χ1v) is 9.30. The molecule has 6 heteroatoms. The lowest BCUT2D eigenvalue weighted by Gasteiger charge is -2.16. The zero-order chi connectivity index (χ0) is 17.9. The van der Waals surface area contributed by atoms with E-state index in [0.717, 1.165) is 28.4 Å². The Labute approximate surface area is 155 Å². The van der Waals surface area contributed by atoms with Gasteiger partial charge in [0.05, 0.1) is 0 Å². The van der Waals surface area contributed by atoms with Gasteiger partial charge < -0.3 is 10.2 Å². The molecule has 0 bridgehead atoms. The normalized spacial score (nSPS) is 13.8. The second kappa shape index (κ2) is 7.09. The molecule has 0 unspecified atom stereocenters. The molecule has 4 rings (SSSR count). The van der Waals surface area contributed by atoms with Crippen molar-refractivity contribution in [1.82, 2.24) is 4.98 Å². The van der Waals surface area contributed by atoms with Crippen LogP contribution in [0.3, 0.4) is 0 Å². The lowest BCUT2D eigenvalue weighted by atomic mass is 10.1. The maximum Gasteiger partial charge on any atom is 0.255 e. The van der Waals surface area contributed by atoms with Gasteiger partial charge in [-0.05, 0) is 48.9 Å². The molecule has 1 fully saturated rings. The summed E-state index contributed by atoms with van der Waals surface area (Å²) in [6.45, 7) is 0.710. The van der Waals surface area contributed by atoms with Crippen molar-refractivity contribution in [2.75, 3.05) is 16.8 Å². The minimum absolute atomic E-state index is 0.111. The average molecular weight is 363 g/mol. The molecule has 26 heavy (non-hydrogen) atoms. The predicted molar refractivity (Wildman–Crippen MR) is 104 cm³/mol. The monoisotopic (exact) mass is 363 g/mol. The van der Waals surface area contributed by atoms with Gasteiger partial charge >= 0.3 is 0 Å². The van der Waals surface area contributed by atoms with E-state index in [1.807, 2.05) is 35.7 Å². The third kappa shape index (κ3) is 3.36. The highest BCUT2D eigenvalue weighted by molar-refractivity contribution is 7.13. The molecule has 0 saturated carbocycles. The fourth-order valence-corrected chi connectivity index (χ4v) is 3.65. The zero-order valence-corrected chi connectivity index (χ0v) is 14.8. The molecule has 5 nitrogen and oxygen atoms in total. The first-order valence-electron chi connectivity index (χ1n) is 8.42. The molecule has 1 aliphatic rings. The molecule has 3 aromatic rings. The Balaban J connectivity index is 1.49. The van der Waals surface area contributed by atoms with Gasteiger partial charge in [-0.3, -0.25) is 9.59 Å². The molecular weight excluding hydrogens is 346 g/mol. The van der Waals surface area contributed by atoms with Crippen LogP contribution in [0.25, 0.3) is 10.6 Å². The van der Waals surface area contributed by atoms with E-state index in [0.29, 0.717) is 18.5 Å². The molecule has 0 atom stereocenters. The van der Waals surface area contributed by atoms with Crippen LogP contribution < -0.4 is 10.2 Å². The van der Waals surface area contributed by atoms with Crippen LogP contribution in [0.15, 0.2) is 60.1 Å². The van der Waals surface area contributed by atoms with Gasteiger partial charge in [0.2, 0.25) is 5.91 Å². The molecule has 2 aromatic carbocycles. The van der Waals surface area contributed by atoms with Crippen molar-refractivity contribution < 1.29 is 9.59 Å². The number of aromatic nitrogens is 1. The largest absolute Gasteiger partial charge is 0.322 e. The van der Waals surface area contributed by atoms with Crippen molar-refractivity contribution in [2.45, 2.75) is 12.8 Å². The highest BCUT2D eigenvalue weighted by atomic mass is 32.1. The van der Waals surface area contributed by atoms with E-state index in [-0.39, 0.29) is 11.8 Å². The summed E-state index contributed by atoms with van der Waals surface area (Å²) < 4.78 is 0. The van der Waals surface area contributed by atoms with Gasteiger partial charge in [-0.2, -0.15) is 0 Å². The molecule has 1 N–H and O–H groups in total. The highest BCUT2D eigenvalue weighted by Crippen LogP contribution is 2.25. The van der Waals surface area contributed by atoms with Crippen LogP contribution in [0.4, 0.5) is 11.4 Å². The van der Waals surface area contributed by atoms with E-state index in [9.17, 15) is 9.59 Å². The summed E-state index contributed by atoms with van der Waals surface area (Å²) in [7, 11) is 0.